The fraction of sp³-hybridized carbons (Fsp3) is 0.524. The van der Waals surface area contributed by atoms with Crippen LogP contribution in [0.3, 0.4) is 0 Å². The molecule has 0 amide bonds. The molecule has 3 aromatic rings. The molecule has 6 nitrogen and oxygen atoms in total. The van der Waals surface area contributed by atoms with Gasteiger partial charge in [0.05, 0.1) is 23.3 Å². The SMILES string of the molecule is Cc1cccnc1[C@@H](Nc1nc(C2CCCC2)nc2c1cnn2C)C1CC1. The molecule has 5 rings (SSSR count). The zero-order valence-electron chi connectivity index (χ0n) is 16.0. The summed E-state index contributed by atoms with van der Waals surface area (Å²) in [5.41, 5.74) is 3.29. The predicted molar refractivity (Wildman–Crippen MR) is 106 cm³/mol. The maximum Gasteiger partial charge on any atom is 0.163 e. The van der Waals surface area contributed by atoms with E-state index in [1.54, 1.807) is 0 Å². The van der Waals surface area contributed by atoms with Crippen molar-refractivity contribution in [2.24, 2.45) is 13.0 Å². The third-order valence-corrected chi connectivity index (χ3v) is 6.06. The number of rotatable bonds is 5. The van der Waals surface area contributed by atoms with Crippen molar-refractivity contribution in [1.29, 1.82) is 0 Å². The molecule has 3 aromatic heterocycles. The second-order valence-corrected chi connectivity index (χ2v) is 8.08. The number of aryl methyl sites for hydroxylation is 2. The van der Waals surface area contributed by atoms with Crippen LogP contribution in [0, 0.1) is 12.8 Å². The molecule has 2 aliphatic rings. The molecule has 0 unspecified atom stereocenters. The molecule has 0 bridgehead atoms. The van der Waals surface area contributed by atoms with Crippen molar-refractivity contribution < 1.29 is 0 Å². The molecule has 2 fully saturated rings. The topological polar surface area (TPSA) is 68.5 Å². The number of anilines is 1. The minimum atomic E-state index is 0.195. The summed E-state index contributed by atoms with van der Waals surface area (Å²) < 4.78 is 1.86. The smallest absolute Gasteiger partial charge is 0.163 e. The highest BCUT2D eigenvalue weighted by Gasteiger charge is 2.35. The molecule has 6 heteroatoms. The summed E-state index contributed by atoms with van der Waals surface area (Å²) in [5.74, 6) is 2.98. The lowest BCUT2D eigenvalue weighted by atomic mass is 10.0. The fourth-order valence-electron chi connectivity index (χ4n) is 4.33. The molecule has 1 N–H and O–H groups in total. The number of hydrogen-bond acceptors (Lipinski definition) is 5. The summed E-state index contributed by atoms with van der Waals surface area (Å²) in [6.07, 6.45) is 11.2. The Morgan fingerprint density at radius 2 is 1.96 bits per heavy atom. The average molecular weight is 362 g/mol. The van der Waals surface area contributed by atoms with E-state index in [0.29, 0.717) is 11.8 Å². The largest absolute Gasteiger partial charge is 0.361 e. The van der Waals surface area contributed by atoms with E-state index in [9.17, 15) is 0 Å². The molecule has 2 saturated carbocycles. The molecule has 0 radical (unpaired) electrons. The van der Waals surface area contributed by atoms with Crippen molar-refractivity contribution in [1.82, 2.24) is 24.7 Å². The molecule has 27 heavy (non-hydrogen) atoms. The van der Waals surface area contributed by atoms with E-state index in [2.05, 4.69) is 23.4 Å². The third kappa shape index (κ3) is 3.07. The first-order valence-corrected chi connectivity index (χ1v) is 10.1. The maximum atomic E-state index is 5.00. The minimum absolute atomic E-state index is 0.195. The predicted octanol–water partition coefficient (Wildman–Crippen LogP) is 4.29. The Kier molecular flexibility index (Phi) is 4.06. The highest BCUT2D eigenvalue weighted by Crippen LogP contribution is 2.44. The molecular formula is C21H26N6. The van der Waals surface area contributed by atoms with Gasteiger partial charge in [-0.05, 0) is 50.2 Å². The van der Waals surface area contributed by atoms with E-state index in [0.717, 1.165) is 28.4 Å². The van der Waals surface area contributed by atoms with Gasteiger partial charge < -0.3 is 5.32 Å². The first-order chi connectivity index (χ1) is 13.2. The van der Waals surface area contributed by atoms with E-state index >= 15 is 0 Å². The Morgan fingerprint density at radius 1 is 1.15 bits per heavy atom. The molecule has 3 heterocycles. The highest BCUT2D eigenvalue weighted by atomic mass is 15.3. The monoisotopic (exact) mass is 362 g/mol. The van der Waals surface area contributed by atoms with Crippen LogP contribution in [0.4, 0.5) is 5.82 Å². The fourth-order valence-corrected chi connectivity index (χ4v) is 4.33. The number of pyridine rings is 1. The first-order valence-electron chi connectivity index (χ1n) is 10.1. The number of hydrogen-bond donors (Lipinski definition) is 1. The zero-order valence-corrected chi connectivity index (χ0v) is 16.0. The molecular weight excluding hydrogens is 336 g/mol. The van der Waals surface area contributed by atoms with Crippen LogP contribution in [0.15, 0.2) is 24.5 Å². The van der Waals surface area contributed by atoms with Crippen LogP contribution < -0.4 is 5.32 Å². The van der Waals surface area contributed by atoms with E-state index in [-0.39, 0.29) is 6.04 Å². The average Bonchev–Trinajstić information content (AvgIpc) is 3.22. The van der Waals surface area contributed by atoms with E-state index in [1.807, 2.05) is 30.2 Å². The van der Waals surface area contributed by atoms with Gasteiger partial charge in [-0.25, -0.2) is 9.97 Å². The van der Waals surface area contributed by atoms with Crippen molar-refractivity contribution in [2.75, 3.05) is 5.32 Å². The molecule has 1 atom stereocenters. The number of nitrogens with zero attached hydrogens (tertiary/aromatic N) is 5. The molecule has 0 spiro atoms. The summed E-state index contributed by atoms with van der Waals surface area (Å²) in [6, 6.07) is 4.34. The van der Waals surface area contributed by atoms with Gasteiger partial charge in [-0.15, -0.1) is 0 Å². The zero-order chi connectivity index (χ0) is 18.4. The van der Waals surface area contributed by atoms with E-state index in [1.165, 1.54) is 44.1 Å². The molecule has 0 aromatic carbocycles. The first kappa shape index (κ1) is 16.7. The second kappa shape index (κ2) is 6.59. The van der Waals surface area contributed by atoms with E-state index < -0.39 is 0 Å². The lowest BCUT2D eigenvalue weighted by molar-refractivity contribution is 0.641. The number of nitrogens with one attached hydrogen (secondary N) is 1. The van der Waals surface area contributed by atoms with E-state index in [4.69, 9.17) is 15.0 Å². The van der Waals surface area contributed by atoms with Crippen LogP contribution in [0.5, 0.6) is 0 Å². The van der Waals surface area contributed by atoms with Gasteiger partial charge in [-0.3, -0.25) is 9.67 Å². The Labute approximate surface area is 159 Å². The van der Waals surface area contributed by atoms with Gasteiger partial charge >= 0.3 is 0 Å². The Hall–Kier alpha value is -2.50. The Bertz CT molecular complexity index is 968. The molecule has 2 aliphatic carbocycles. The quantitative estimate of drug-likeness (QED) is 0.733. The van der Waals surface area contributed by atoms with Gasteiger partial charge in [0.2, 0.25) is 0 Å². The summed E-state index contributed by atoms with van der Waals surface area (Å²) in [6.45, 7) is 2.14. The normalized spacial score (nSPS) is 18.9. The Balaban J connectivity index is 1.57. The van der Waals surface area contributed by atoms with Crippen molar-refractivity contribution in [3.63, 3.8) is 0 Å². The summed E-state index contributed by atoms with van der Waals surface area (Å²) in [7, 11) is 1.96. The van der Waals surface area contributed by atoms with Crippen molar-refractivity contribution >= 4 is 16.9 Å². The van der Waals surface area contributed by atoms with Crippen LogP contribution in [0.1, 0.15) is 67.6 Å². The van der Waals surface area contributed by atoms with Crippen LogP contribution in [0.2, 0.25) is 0 Å². The van der Waals surface area contributed by atoms with Crippen LogP contribution in [-0.4, -0.2) is 24.7 Å². The standard InChI is InChI=1S/C21H26N6/c1-13-6-5-11-22-17(13)18(14-9-10-14)24-20-16-12-23-27(2)21(16)26-19(25-20)15-7-3-4-8-15/h5-6,11-12,14-15,18H,3-4,7-10H2,1-2H3,(H,24,25,26)/t18-/m0/s1. The van der Waals surface area contributed by atoms with Crippen LogP contribution >= 0.6 is 0 Å². The summed E-state index contributed by atoms with van der Waals surface area (Å²) in [5, 5.41) is 9.19. The highest BCUT2D eigenvalue weighted by molar-refractivity contribution is 5.86. The summed E-state index contributed by atoms with van der Waals surface area (Å²) in [4.78, 5) is 14.6. The molecule has 0 saturated heterocycles. The third-order valence-electron chi connectivity index (χ3n) is 6.06. The van der Waals surface area contributed by atoms with Gasteiger partial charge in [0.25, 0.3) is 0 Å². The van der Waals surface area contributed by atoms with Crippen molar-refractivity contribution in [3.05, 3.63) is 41.6 Å². The second-order valence-electron chi connectivity index (χ2n) is 8.08. The summed E-state index contributed by atoms with van der Waals surface area (Å²) >= 11 is 0. The van der Waals surface area contributed by atoms with Gasteiger partial charge in [0.1, 0.15) is 11.6 Å². The number of fused-ring (bicyclic) bond motifs is 1. The van der Waals surface area contributed by atoms with Crippen molar-refractivity contribution in [2.45, 2.75) is 57.4 Å². The minimum Gasteiger partial charge on any atom is -0.361 e. The van der Waals surface area contributed by atoms with Gasteiger partial charge in [-0.2, -0.15) is 5.10 Å². The Morgan fingerprint density at radius 3 is 2.70 bits per heavy atom. The number of aromatic nitrogens is 5. The van der Waals surface area contributed by atoms with Crippen LogP contribution in [-0.2, 0) is 7.05 Å². The van der Waals surface area contributed by atoms with Crippen LogP contribution in [0.25, 0.3) is 11.0 Å². The maximum absolute atomic E-state index is 5.00. The lowest BCUT2D eigenvalue weighted by Gasteiger charge is -2.21. The lowest BCUT2D eigenvalue weighted by Crippen LogP contribution is -2.18. The molecule has 140 valence electrons. The van der Waals surface area contributed by atoms with Gasteiger partial charge in [0.15, 0.2) is 5.65 Å². The van der Waals surface area contributed by atoms with Gasteiger partial charge in [-0.1, -0.05) is 18.9 Å². The van der Waals surface area contributed by atoms with Crippen molar-refractivity contribution in [3.8, 4) is 0 Å². The van der Waals surface area contributed by atoms with Gasteiger partial charge in [0, 0.05) is 19.2 Å². The molecule has 0 aliphatic heterocycles.